The zero-order valence-electron chi connectivity index (χ0n) is 18.7. The van der Waals surface area contributed by atoms with Crippen LogP contribution in [0, 0.1) is 0 Å². The lowest BCUT2D eigenvalue weighted by Crippen LogP contribution is -2.47. The summed E-state index contributed by atoms with van der Waals surface area (Å²) < 4.78 is 21.8. The van der Waals surface area contributed by atoms with E-state index in [1.54, 1.807) is 36.4 Å². The highest BCUT2D eigenvalue weighted by atomic mass is 16.6. The number of nitrogens with one attached hydrogen (secondary N) is 1. The Kier molecular flexibility index (Phi) is 7.80. The number of hydrogen-bond donors (Lipinski definition) is 2. The Bertz CT molecular complexity index is 942. The van der Waals surface area contributed by atoms with E-state index in [0.29, 0.717) is 48.3 Å². The van der Waals surface area contributed by atoms with Crippen LogP contribution in [-0.4, -0.2) is 68.2 Å². The largest absolute Gasteiger partial charge is 0.493 e. The fraction of sp³-hybridized carbons (Fsp3) is 0.440. The van der Waals surface area contributed by atoms with Crippen LogP contribution in [0.15, 0.2) is 42.5 Å². The molecule has 0 spiro atoms. The van der Waals surface area contributed by atoms with Gasteiger partial charge in [0, 0.05) is 18.7 Å². The van der Waals surface area contributed by atoms with Crippen molar-refractivity contribution in [2.75, 3.05) is 39.5 Å². The number of likely N-dealkylation sites (tertiary alicyclic amines) is 1. The normalized spacial score (nSPS) is 17.2. The first kappa shape index (κ1) is 23.1. The van der Waals surface area contributed by atoms with Crippen LogP contribution < -0.4 is 19.5 Å². The lowest BCUT2D eigenvalue weighted by molar-refractivity contribution is -0.354. The maximum absolute atomic E-state index is 12.7. The molecule has 2 aromatic rings. The smallest absolute Gasteiger partial charge is 0.351 e. The number of aliphatic hydroxyl groups is 1. The molecular weight excluding hydrogens is 424 g/mol. The molecule has 2 aromatic carbocycles. The van der Waals surface area contributed by atoms with Gasteiger partial charge in [-0.15, -0.1) is 0 Å². The number of benzene rings is 2. The van der Waals surface area contributed by atoms with Crippen LogP contribution in [0.25, 0.3) is 0 Å². The van der Waals surface area contributed by atoms with E-state index < -0.39 is 12.1 Å². The number of amides is 1. The first-order valence-electron chi connectivity index (χ1n) is 11.4. The summed E-state index contributed by atoms with van der Waals surface area (Å²) in [7, 11) is 0. The minimum atomic E-state index is -0.874. The van der Waals surface area contributed by atoms with E-state index >= 15 is 0 Å². The first-order valence-corrected chi connectivity index (χ1v) is 11.4. The van der Waals surface area contributed by atoms with Crippen molar-refractivity contribution in [2.24, 2.45) is 0 Å². The van der Waals surface area contributed by atoms with Crippen LogP contribution in [0.4, 0.5) is 0 Å². The number of ether oxygens (including phenoxy) is 3. The van der Waals surface area contributed by atoms with Gasteiger partial charge < -0.3 is 29.5 Å². The van der Waals surface area contributed by atoms with Crippen molar-refractivity contribution >= 4 is 12.7 Å². The molecule has 176 valence electrons. The Labute approximate surface area is 193 Å². The summed E-state index contributed by atoms with van der Waals surface area (Å²) in [5, 5.41) is 14.2. The third kappa shape index (κ3) is 6.24. The van der Waals surface area contributed by atoms with Crippen molar-refractivity contribution in [3.05, 3.63) is 48.0 Å². The van der Waals surface area contributed by atoms with Gasteiger partial charge in [-0.2, -0.15) is 0 Å². The van der Waals surface area contributed by atoms with Crippen LogP contribution in [-0.2, 0) is 9.22 Å². The second-order valence-electron chi connectivity index (χ2n) is 8.24. The Morgan fingerprint density at radius 3 is 2.58 bits per heavy atom. The van der Waals surface area contributed by atoms with E-state index in [0.717, 1.165) is 25.9 Å². The average Bonchev–Trinajstić information content (AvgIpc) is 3.36. The SMILES string of the molecule is C=[O+]c1ccc(OCCC(=O)NC(CN2CCCC2)C(O)c2ccc3c(c2)OCCO3)cc1. The topological polar surface area (TPSA) is 91.6 Å². The highest BCUT2D eigenvalue weighted by Crippen LogP contribution is 2.33. The minimum Gasteiger partial charge on any atom is -0.493 e. The maximum Gasteiger partial charge on any atom is 0.351 e. The van der Waals surface area contributed by atoms with Crippen molar-refractivity contribution in [2.45, 2.75) is 31.4 Å². The van der Waals surface area contributed by atoms with Crippen LogP contribution >= 0.6 is 0 Å². The predicted octanol–water partition coefficient (Wildman–Crippen LogP) is 2.62. The first-order chi connectivity index (χ1) is 16.1. The molecule has 2 heterocycles. The number of carbonyl (C=O) groups excluding carboxylic acids is 2. The molecule has 1 saturated heterocycles. The zero-order valence-corrected chi connectivity index (χ0v) is 18.7. The second kappa shape index (κ2) is 11.2. The van der Waals surface area contributed by atoms with Crippen LogP contribution in [0.3, 0.4) is 0 Å². The molecule has 8 nitrogen and oxygen atoms in total. The molecule has 33 heavy (non-hydrogen) atoms. The highest BCUT2D eigenvalue weighted by molar-refractivity contribution is 5.76. The Morgan fingerprint density at radius 2 is 1.85 bits per heavy atom. The van der Waals surface area contributed by atoms with Gasteiger partial charge in [-0.1, -0.05) is 6.07 Å². The fourth-order valence-electron chi connectivity index (χ4n) is 4.12. The number of rotatable bonds is 10. The van der Waals surface area contributed by atoms with Gasteiger partial charge in [0.15, 0.2) is 11.5 Å². The summed E-state index contributed by atoms with van der Waals surface area (Å²) in [4.78, 5) is 15.0. The van der Waals surface area contributed by atoms with E-state index in [1.807, 2.05) is 6.07 Å². The Morgan fingerprint density at radius 1 is 1.12 bits per heavy atom. The van der Waals surface area contributed by atoms with Crippen LogP contribution in [0.5, 0.6) is 23.0 Å². The third-order valence-electron chi connectivity index (χ3n) is 5.88. The summed E-state index contributed by atoms with van der Waals surface area (Å²) in [6.07, 6.45) is 1.57. The van der Waals surface area contributed by atoms with E-state index in [1.165, 1.54) is 0 Å². The van der Waals surface area contributed by atoms with Gasteiger partial charge in [-0.25, -0.2) is 4.42 Å². The molecular formula is C25H31N2O6+. The molecule has 0 aromatic heterocycles. The fourth-order valence-corrected chi connectivity index (χ4v) is 4.12. The Hall–Kier alpha value is -3.10. The highest BCUT2D eigenvalue weighted by Gasteiger charge is 2.27. The van der Waals surface area contributed by atoms with Gasteiger partial charge in [-0.3, -0.25) is 4.79 Å². The maximum atomic E-state index is 12.7. The molecule has 0 bridgehead atoms. The van der Waals surface area contributed by atoms with E-state index in [-0.39, 0.29) is 18.9 Å². The monoisotopic (exact) mass is 455 g/mol. The van der Waals surface area contributed by atoms with Gasteiger partial charge in [-0.05, 0) is 55.8 Å². The average molecular weight is 456 g/mol. The summed E-state index contributed by atoms with van der Waals surface area (Å²) >= 11 is 0. The number of nitrogens with zero attached hydrogens (tertiary/aromatic N) is 1. The lowest BCUT2D eigenvalue weighted by atomic mass is 10.0. The molecule has 0 radical (unpaired) electrons. The summed E-state index contributed by atoms with van der Waals surface area (Å²) in [6, 6.07) is 12.0. The van der Waals surface area contributed by atoms with Crippen molar-refractivity contribution in [3.8, 4) is 23.0 Å². The van der Waals surface area contributed by atoms with E-state index in [2.05, 4.69) is 17.0 Å². The number of carbonyl (C=O) groups is 1. The van der Waals surface area contributed by atoms with Gasteiger partial charge in [0.05, 0.1) is 19.1 Å². The number of hydrogen-bond acceptors (Lipinski definition) is 6. The summed E-state index contributed by atoms with van der Waals surface area (Å²) in [5.41, 5.74) is 0.688. The molecule has 8 heteroatoms. The summed E-state index contributed by atoms with van der Waals surface area (Å²) in [5.74, 6) is 2.40. The second-order valence-corrected chi connectivity index (χ2v) is 8.24. The van der Waals surface area contributed by atoms with Crippen LogP contribution in [0.1, 0.15) is 30.9 Å². The van der Waals surface area contributed by atoms with Crippen molar-refractivity contribution < 1.29 is 28.5 Å². The molecule has 2 N–H and O–H groups in total. The molecule has 2 aliphatic rings. The minimum absolute atomic E-state index is 0.173. The molecule has 0 aliphatic carbocycles. The number of fused-ring (bicyclic) bond motifs is 1. The number of aliphatic hydroxyl groups excluding tert-OH is 1. The van der Waals surface area contributed by atoms with Gasteiger partial charge in [0.1, 0.15) is 25.1 Å². The van der Waals surface area contributed by atoms with E-state index in [4.69, 9.17) is 18.6 Å². The van der Waals surface area contributed by atoms with Crippen LogP contribution in [0.2, 0.25) is 0 Å². The lowest BCUT2D eigenvalue weighted by Gasteiger charge is -2.29. The molecule has 2 unspecified atom stereocenters. The molecule has 4 rings (SSSR count). The van der Waals surface area contributed by atoms with Crippen molar-refractivity contribution in [3.63, 3.8) is 0 Å². The quantitative estimate of drug-likeness (QED) is 0.535. The van der Waals surface area contributed by atoms with Gasteiger partial charge in [0.25, 0.3) is 6.79 Å². The van der Waals surface area contributed by atoms with Gasteiger partial charge in [0.2, 0.25) is 5.91 Å². The van der Waals surface area contributed by atoms with Crippen molar-refractivity contribution in [1.29, 1.82) is 0 Å². The molecule has 2 aliphatic heterocycles. The molecule has 1 amide bonds. The van der Waals surface area contributed by atoms with E-state index in [9.17, 15) is 9.90 Å². The molecule has 2 atom stereocenters. The van der Waals surface area contributed by atoms with Gasteiger partial charge >= 0.3 is 5.75 Å². The van der Waals surface area contributed by atoms with Crippen molar-refractivity contribution in [1.82, 2.24) is 10.2 Å². The zero-order chi connectivity index (χ0) is 23.0. The Balaban J connectivity index is 1.37. The predicted molar refractivity (Wildman–Crippen MR) is 123 cm³/mol. The molecule has 0 saturated carbocycles. The summed E-state index contributed by atoms with van der Waals surface area (Å²) in [6.45, 7) is 7.10. The standard InChI is InChI=1S/C25H30N2O6/c1-30-19-5-7-20(8-6-19)31-13-10-24(28)26-21(17-27-11-2-3-12-27)25(29)18-4-9-22-23(16-18)33-15-14-32-22/h4-9,16,21,25,29H,1-3,10-15,17H2/p+1. The third-order valence-corrected chi connectivity index (χ3v) is 5.88. The molecule has 1 fully saturated rings.